The van der Waals surface area contributed by atoms with E-state index >= 15 is 0 Å². The van der Waals surface area contributed by atoms with Crippen molar-refractivity contribution in [1.29, 1.82) is 0 Å². The molecule has 8 heteroatoms. The van der Waals surface area contributed by atoms with Gasteiger partial charge in [-0.3, -0.25) is 0 Å². The molecule has 2 N–H and O–H groups in total. The first-order chi connectivity index (χ1) is 16.5. The minimum atomic E-state index is -2.54. The summed E-state index contributed by atoms with van der Waals surface area (Å²) in [5.41, 5.74) is 2.31. The minimum absolute atomic E-state index is 0.165. The lowest BCUT2D eigenvalue weighted by Gasteiger charge is -2.38. The van der Waals surface area contributed by atoms with Gasteiger partial charge in [-0.25, -0.2) is 8.78 Å². The highest BCUT2D eigenvalue weighted by Gasteiger charge is 2.33. The Bertz CT molecular complexity index is 907. The second-order valence-electron chi connectivity index (χ2n) is 9.02. The van der Waals surface area contributed by atoms with Crippen molar-refractivity contribution >= 4 is 20.0 Å². The summed E-state index contributed by atoms with van der Waals surface area (Å²) >= 11 is 1.56. The molecule has 0 heterocycles. The fourth-order valence-corrected chi connectivity index (χ4v) is 6.02. The molecule has 0 aliphatic heterocycles. The Morgan fingerprint density at radius 3 is 2.50 bits per heavy atom. The SMILES string of the molecule is O=[P+](O)OCCCNCc1ccc(SCCCCC2(c3ccc(F)cc3)CCCCC2)c(F)c1. The van der Waals surface area contributed by atoms with Crippen LogP contribution in [0.2, 0.25) is 0 Å². The van der Waals surface area contributed by atoms with E-state index < -0.39 is 8.25 Å². The first kappa shape index (κ1) is 27.2. The number of hydrogen-bond donors (Lipinski definition) is 2. The summed E-state index contributed by atoms with van der Waals surface area (Å²) in [5.74, 6) is 0.503. The van der Waals surface area contributed by atoms with Gasteiger partial charge in [0.2, 0.25) is 0 Å². The number of nitrogens with one attached hydrogen (secondary N) is 1. The van der Waals surface area contributed by atoms with E-state index in [-0.39, 0.29) is 23.7 Å². The largest absolute Gasteiger partial charge is 0.694 e. The molecule has 1 unspecified atom stereocenters. The van der Waals surface area contributed by atoms with Gasteiger partial charge in [0.25, 0.3) is 0 Å². The number of unbranched alkanes of at least 4 members (excludes halogenated alkanes) is 1. The van der Waals surface area contributed by atoms with Crippen LogP contribution in [-0.2, 0) is 21.0 Å². The van der Waals surface area contributed by atoms with Crippen molar-refractivity contribution < 1.29 is 22.8 Å². The lowest BCUT2D eigenvalue weighted by Crippen LogP contribution is -2.29. The van der Waals surface area contributed by atoms with Gasteiger partial charge in [-0.1, -0.05) is 43.9 Å². The summed E-state index contributed by atoms with van der Waals surface area (Å²) in [6, 6.07) is 12.4. The van der Waals surface area contributed by atoms with Crippen LogP contribution in [0.1, 0.15) is 68.9 Å². The second-order valence-corrected chi connectivity index (χ2v) is 10.9. The summed E-state index contributed by atoms with van der Waals surface area (Å²) < 4.78 is 43.0. The Labute approximate surface area is 206 Å². The van der Waals surface area contributed by atoms with E-state index in [1.54, 1.807) is 30.0 Å². The number of halogens is 2. The third-order valence-corrected chi connectivity index (χ3v) is 8.14. The fraction of sp³-hybridized carbons (Fsp3) is 0.538. The molecular formula is C26H35F2NO3PS+. The van der Waals surface area contributed by atoms with Crippen molar-refractivity contribution in [2.45, 2.75) is 74.6 Å². The summed E-state index contributed by atoms with van der Waals surface area (Å²) in [7, 11) is -2.54. The lowest BCUT2D eigenvalue weighted by atomic mass is 9.67. The molecule has 0 radical (unpaired) electrons. The van der Waals surface area contributed by atoms with Crippen molar-refractivity contribution in [2.75, 3.05) is 18.9 Å². The van der Waals surface area contributed by atoms with Crippen molar-refractivity contribution in [3.05, 3.63) is 65.2 Å². The van der Waals surface area contributed by atoms with E-state index in [0.717, 1.165) is 30.6 Å². The maximum absolute atomic E-state index is 14.5. The van der Waals surface area contributed by atoms with Crippen molar-refractivity contribution in [1.82, 2.24) is 5.32 Å². The van der Waals surface area contributed by atoms with Crippen LogP contribution >= 0.6 is 20.0 Å². The highest BCUT2D eigenvalue weighted by atomic mass is 32.2. The molecule has 1 atom stereocenters. The summed E-state index contributed by atoms with van der Waals surface area (Å²) in [6.45, 7) is 1.38. The molecule has 2 aromatic carbocycles. The smallest absolute Gasteiger partial charge is 0.313 e. The Balaban J connectivity index is 1.40. The predicted octanol–water partition coefficient (Wildman–Crippen LogP) is 7.28. The number of hydrogen-bond acceptors (Lipinski definition) is 4. The Hall–Kier alpha value is -1.37. The molecule has 0 bridgehead atoms. The zero-order chi connectivity index (χ0) is 24.2. The Morgan fingerprint density at radius 2 is 1.79 bits per heavy atom. The van der Waals surface area contributed by atoms with Crippen LogP contribution in [-0.4, -0.2) is 23.8 Å². The van der Waals surface area contributed by atoms with Gasteiger partial charge in [0.05, 0.1) is 0 Å². The third kappa shape index (κ3) is 8.69. The Kier molecular flexibility index (Phi) is 11.4. The zero-order valence-corrected chi connectivity index (χ0v) is 21.3. The average Bonchev–Trinajstić information content (AvgIpc) is 2.83. The molecule has 1 saturated carbocycles. The van der Waals surface area contributed by atoms with Crippen molar-refractivity contribution in [3.63, 3.8) is 0 Å². The van der Waals surface area contributed by atoms with Gasteiger partial charge < -0.3 is 5.32 Å². The second kappa shape index (κ2) is 14.3. The van der Waals surface area contributed by atoms with E-state index in [1.165, 1.54) is 37.7 Å². The topological polar surface area (TPSA) is 58.6 Å². The van der Waals surface area contributed by atoms with Crippen LogP contribution in [0.3, 0.4) is 0 Å². The van der Waals surface area contributed by atoms with Gasteiger partial charge in [0.15, 0.2) is 0 Å². The van der Waals surface area contributed by atoms with Crippen LogP contribution in [0.5, 0.6) is 0 Å². The first-order valence-corrected chi connectivity index (χ1v) is 14.3. The molecule has 0 saturated heterocycles. The lowest BCUT2D eigenvalue weighted by molar-refractivity contribution is 0.267. The normalized spacial score (nSPS) is 15.9. The summed E-state index contributed by atoms with van der Waals surface area (Å²) in [6.07, 6.45) is 9.91. The van der Waals surface area contributed by atoms with Crippen LogP contribution in [0.4, 0.5) is 8.78 Å². The third-order valence-electron chi connectivity index (χ3n) is 6.60. The molecule has 4 nitrogen and oxygen atoms in total. The molecule has 0 aromatic heterocycles. The van der Waals surface area contributed by atoms with Crippen LogP contribution in [0.25, 0.3) is 0 Å². The maximum Gasteiger partial charge on any atom is 0.694 e. The quantitative estimate of drug-likeness (QED) is 0.159. The molecule has 1 aliphatic carbocycles. The molecule has 1 fully saturated rings. The number of benzene rings is 2. The van der Waals surface area contributed by atoms with Gasteiger partial charge >= 0.3 is 8.25 Å². The molecule has 0 spiro atoms. The van der Waals surface area contributed by atoms with Crippen molar-refractivity contribution in [3.8, 4) is 0 Å². The van der Waals surface area contributed by atoms with Crippen LogP contribution in [0, 0.1) is 11.6 Å². The molecule has 1 aliphatic rings. The minimum Gasteiger partial charge on any atom is -0.313 e. The summed E-state index contributed by atoms with van der Waals surface area (Å²) in [5, 5.41) is 3.18. The Morgan fingerprint density at radius 1 is 1.03 bits per heavy atom. The highest BCUT2D eigenvalue weighted by molar-refractivity contribution is 7.99. The zero-order valence-electron chi connectivity index (χ0n) is 19.6. The van der Waals surface area contributed by atoms with Gasteiger partial charge in [-0.05, 0) is 85.2 Å². The van der Waals surface area contributed by atoms with Gasteiger partial charge in [-0.15, -0.1) is 21.2 Å². The molecule has 186 valence electrons. The van der Waals surface area contributed by atoms with Crippen molar-refractivity contribution in [2.24, 2.45) is 0 Å². The van der Waals surface area contributed by atoms with E-state index in [9.17, 15) is 13.3 Å². The highest BCUT2D eigenvalue weighted by Crippen LogP contribution is 2.43. The summed E-state index contributed by atoms with van der Waals surface area (Å²) in [4.78, 5) is 9.25. The van der Waals surface area contributed by atoms with E-state index in [2.05, 4.69) is 9.84 Å². The molecule has 34 heavy (non-hydrogen) atoms. The van der Waals surface area contributed by atoms with E-state index in [0.29, 0.717) is 24.4 Å². The van der Waals surface area contributed by atoms with Crippen LogP contribution < -0.4 is 5.32 Å². The molecule has 2 aromatic rings. The molecule has 3 rings (SSSR count). The molecular weight excluding hydrogens is 475 g/mol. The molecule has 0 amide bonds. The predicted molar refractivity (Wildman–Crippen MR) is 134 cm³/mol. The van der Waals surface area contributed by atoms with Gasteiger partial charge in [0, 0.05) is 16.0 Å². The number of thioether (sulfide) groups is 1. The average molecular weight is 511 g/mol. The standard InChI is InChI=1S/C26H34F2NO3PS/c27-23-10-8-22(9-11-23)26(13-2-1-3-14-26)15-4-5-18-34-25-12-7-21(19-24(25)28)20-29-16-6-17-32-33(30)31/h7-12,19,29H,1-6,13-18,20H2/p+1. The maximum atomic E-state index is 14.5. The van der Waals surface area contributed by atoms with Crippen LogP contribution in [0.15, 0.2) is 47.4 Å². The monoisotopic (exact) mass is 510 g/mol. The van der Waals surface area contributed by atoms with Gasteiger partial charge in [-0.2, -0.15) is 0 Å². The first-order valence-electron chi connectivity index (χ1n) is 12.2. The van der Waals surface area contributed by atoms with Gasteiger partial charge in [0.1, 0.15) is 18.2 Å². The number of rotatable bonds is 14. The van der Waals surface area contributed by atoms with E-state index in [1.807, 2.05) is 24.3 Å². The van der Waals surface area contributed by atoms with E-state index in [4.69, 9.17) is 4.89 Å². The fourth-order valence-electron chi connectivity index (χ4n) is 4.81.